The normalized spacial score (nSPS) is 29.0. The summed E-state index contributed by atoms with van der Waals surface area (Å²) in [5.74, 6) is 0. The highest BCUT2D eigenvalue weighted by atomic mass is 15.1. The highest BCUT2D eigenvalue weighted by Crippen LogP contribution is 2.35. The lowest BCUT2D eigenvalue weighted by atomic mass is 9.75. The highest BCUT2D eigenvalue weighted by molar-refractivity contribution is 4.84. The monoisotopic (exact) mass is 252 g/mol. The van der Waals surface area contributed by atoms with E-state index in [1.54, 1.807) is 0 Å². The molecule has 0 saturated heterocycles. The summed E-state index contributed by atoms with van der Waals surface area (Å²) in [4.78, 5) is 2.58. The topological polar surface area (TPSA) is 15.3 Å². The summed E-state index contributed by atoms with van der Waals surface area (Å²) < 4.78 is 0. The lowest BCUT2D eigenvalue weighted by Crippen LogP contribution is -2.42. The van der Waals surface area contributed by atoms with Gasteiger partial charge >= 0.3 is 0 Å². The third-order valence-electron chi connectivity index (χ3n) is 5.05. The molecule has 0 aromatic heterocycles. The van der Waals surface area contributed by atoms with Crippen LogP contribution in [0.25, 0.3) is 0 Å². The van der Waals surface area contributed by atoms with E-state index >= 15 is 0 Å². The minimum atomic E-state index is 0.563. The maximum Gasteiger partial charge on any atom is 0.0107 e. The molecule has 0 bridgehead atoms. The predicted octanol–water partition coefficient (Wildman–Crippen LogP) is 3.42. The average Bonchev–Trinajstić information content (AvgIpc) is 2.81. The van der Waals surface area contributed by atoms with Gasteiger partial charge in [0, 0.05) is 25.2 Å². The second-order valence-corrected chi connectivity index (χ2v) is 7.33. The third kappa shape index (κ3) is 4.24. The lowest BCUT2D eigenvalue weighted by Gasteiger charge is -2.36. The lowest BCUT2D eigenvalue weighted by molar-refractivity contribution is 0.188. The molecule has 2 aliphatic carbocycles. The molecule has 0 aromatic rings. The van der Waals surface area contributed by atoms with Crippen LogP contribution in [0.1, 0.15) is 65.2 Å². The van der Waals surface area contributed by atoms with E-state index in [-0.39, 0.29) is 0 Å². The Bertz CT molecular complexity index is 243. The Hall–Kier alpha value is -0.0800. The van der Waals surface area contributed by atoms with Gasteiger partial charge in [0.2, 0.25) is 0 Å². The molecule has 0 aliphatic heterocycles. The highest BCUT2D eigenvalue weighted by Gasteiger charge is 2.27. The standard InChI is InChI=1S/C16H32N2/c1-16(2)10-6-7-14(13-16)17-11-12-18(3)15-8-4-5-9-15/h14-15,17H,4-13H2,1-3H3. The number of likely N-dealkylation sites (N-methyl/N-ethyl adjacent to an activating group) is 1. The smallest absolute Gasteiger partial charge is 0.0107 e. The minimum Gasteiger partial charge on any atom is -0.313 e. The fraction of sp³-hybridized carbons (Fsp3) is 1.00. The van der Waals surface area contributed by atoms with Crippen LogP contribution in [0.5, 0.6) is 0 Å². The van der Waals surface area contributed by atoms with Gasteiger partial charge in [-0.1, -0.05) is 33.1 Å². The van der Waals surface area contributed by atoms with Crippen molar-refractivity contribution in [1.82, 2.24) is 10.2 Å². The Kier molecular flexibility index (Phi) is 5.08. The number of hydrogen-bond donors (Lipinski definition) is 1. The van der Waals surface area contributed by atoms with Gasteiger partial charge in [0.05, 0.1) is 0 Å². The van der Waals surface area contributed by atoms with Gasteiger partial charge in [0.15, 0.2) is 0 Å². The maximum absolute atomic E-state index is 3.79. The van der Waals surface area contributed by atoms with Gasteiger partial charge in [-0.15, -0.1) is 0 Å². The number of nitrogens with one attached hydrogen (secondary N) is 1. The van der Waals surface area contributed by atoms with Crippen molar-refractivity contribution in [2.45, 2.75) is 77.3 Å². The van der Waals surface area contributed by atoms with E-state index in [4.69, 9.17) is 0 Å². The number of hydrogen-bond acceptors (Lipinski definition) is 2. The van der Waals surface area contributed by atoms with Gasteiger partial charge in [-0.3, -0.25) is 0 Å². The Morgan fingerprint density at radius 2 is 1.83 bits per heavy atom. The first kappa shape index (κ1) is 14.3. The van der Waals surface area contributed by atoms with Gasteiger partial charge < -0.3 is 10.2 Å². The van der Waals surface area contributed by atoms with Gasteiger partial charge in [-0.25, -0.2) is 0 Å². The van der Waals surface area contributed by atoms with Crippen molar-refractivity contribution in [3.8, 4) is 0 Å². The molecule has 0 amide bonds. The Labute approximate surface area is 114 Å². The summed E-state index contributed by atoms with van der Waals surface area (Å²) in [6, 6.07) is 1.64. The molecular formula is C16H32N2. The third-order valence-corrected chi connectivity index (χ3v) is 5.05. The van der Waals surface area contributed by atoms with Crippen LogP contribution in [0.15, 0.2) is 0 Å². The minimum absolute atomic E-state index is 0.563. The summed E-state index contributed by atoms with van der Waals surface area (Å²) >= 11 is 0. The van der Waals surface area contributed by atoms with Gasteiger partial charge in [-0.2, -0.15) is 0 Å². The summed E-state index contributed by atoms with van der Waals surface area (Å²) in [5.41, 5.74) is 0.563. The summed E-state index contributed by atoms with van der Waals surface area (Å²) in [6.07, 6.45) is 11.3. The molecule has 0 aromatic carbocycles. The average molecular weight is 252 g/mol. The van der Waals surface area contributed by atoms with Crippen LogP contribution in [0, 0.1) is 5.41 Å². The van der Waals surface area contributed by atoms with Gasteiger partial charge in [0.1, 0.15) is 0 Å². The molecule has 106 valence electrons. The molecule has 0 heterocycles. The van der Waals surface area contributed by atoms with E-state index in [9.17, 15) is 0 Å². The van der Waals surface area contributed by atoms with Crippen molar-refractivity contribution in [3.63, 3.8) is 0 Å². The van der Waals surface area contributed by atoms with Crippen LogP contribution in [0.2, 0.25) is 0 Å². The quantitative estimate of drug-likeness (QED) is 0.806. The van der Waals surface area contributed by atoms with E-state index in [0.717, 1.165) is 12.1 Å². The van der Waals surface area contributed by atoms with Gasteiger partial charge in [-0.05, 0) is 44.6 Å². The summed E-state index contributed by atoms with van der Waals surface area (Å²) in [6.45, 7) is 7.24. The molecule has 1 atom stereocenters. The molecule has 2 nitrogen and oxygen atoms in total. The Morgan fingerprint density at radius 3 is 2.50 bits per heavy atom. The Balaban J connectivity index is 1.62. The fourth-order valence-electron chi connectivity index (χ4n) is 3.85. The van der Waals surface area contributed by atoms with E-state index in [0.29, 0.717) is 5.41 Å². The second kappa shape index (κ2) is 6.38. The zero-order valence-electron chi connectivity index (χ0n) is 12.7. The fourth-order valence-corrected chi connectivity index (χ4v) is 3.85. The van der Waals surface area contributed by atoms with E-state index in [1.165, 1.54) is 64.5 Å². The maximum atomic E-state index is 3.79. The van der Waals surface area contributed by atoms with Crippen molar-refractivity contribution in [2.24, 2.45) is 5.41 Å². The molecule has 1 N–H and O–H groups in total. The first-order valence-electron chi connectivity index (χ1n) is 8.00. The van der Waals surface area contributed by atoms with E-state index in [2.05, 4.69) is 31.1 Å². The van der Waals surface area contributed by atoms with Crippen LogP contribution >= 0.6 is 0 Å². The molecule has 18 heavy (non-hydrogen) atoms. The predicted molar refractivity (Wildman–Crippen MR) is 78.9 cm³/mol. The molecule has 2 saturated carbocycles. The molecular weight excluding hydrogens is 220 g/mol. The van der Waals surface area contributed by atoms with Crippen LogP contribution < -0.4 is 5.32 Å². The van der Waals surface area contributed by atoms with E-state index in [1.807, 2.05) is 0 Å². The number of rotatable bonds is 5. The van der Waals surface area contributed by atoms with Crippen molar-refractivity contribution >= 4 is 0 Å². The SMILES string of the molecule is CN(CCNC1CCCC(C)(C)C1)C1CCCC1. The van der Waals surface area contributed by atoms with Crippen molar-refractivity contribution in [2.75, 3.05) is 20.1 Å². The zero-order chi connectivity index (χ0) is 13.0. The molecule has 2 rings (SSSR count). The van der Waals surface area contributed by atoms with E-state index < -0.39 is 0 Å². The van der Waals surface area contributed by atoms with Crippen LogP contribution in [0.4, 0.5) is 0 Å². The zero-order valence-corrected chi connectivity index (χ0v) is 12.7. The van der Waals surface area contributed by atoms with Crippen LogP contribution in [-0.2, 0) is 0 Å². The Morgan fingerprint density at radius 1 is 1.11 bits per heavy atom. The van der Waals surface area contributed by atoms with Crippen molar-refractivity contribution in [1.29, 1.82) is 0 Å². The molecule has 0 spiro atoms. The summed E-state index contributed by atoms with van der Waals surface area (Å²) in [5, 5.41) is 3.79. The van der Waals surface area contributed by atoms with Crippen LogP contribution in [0.3, 0.4) is 0 Å². The molecule has 2 heteroatoms. The van der Waals surface area contributed by atoms with Crippen LogP contribution in [-0.4, -0.2) is 37.1 Å². The van der Waals surface area contributed by atoms with Crippen molar-refractivity contribution < 1.29 is 0 Å². The molecule has 2 aliphatic rings. The molecule has 1 unspecified atom stereocenters. The first-order valence-corrected chi connectivity index (χ1v) is 8.00. The number of nitrogens with zero attached hydrogens (tertiary/aromatic N) is 1. The van der Waals surface area contributed by atoms with Gasteiger partial charge in [0.25, 0.3) is 0 Å². The van der Waals surface area contributed by atoms with Crippen molar-refractivity contribution in [3.05, 3.63) is 0 Å². The summed E-state index contributed by atoms with van der Waals surface area (Å²) in [7, 11) is 2.31. The molecule has 2 fully saturated rings. The second-order valence-electron chi connectivity index (χ2n) is 7.33. The molecule has 0 radical (unpaired) electrons. The first-order chi connectivity index (χ1) is 8.57. The largest absolute Gasteiger partial charge is 0.313 e.